The smallest absolute Gasteiger partial charge is 0.407 e. The maximum atomic E-state index is 11.8. The molecular formula is C16H21NO4. The molecule has 1 saturated carbocycles. The van der Waals surface area contributed by atoms with Crippen molar-refractivity contribution in [2.75, 3.05) is 19.8 Å². The van der Waals surface area contributed by atoms with Crippen LogP contribution in [0.3, 0.4) is 0 Å². The van der Waals surface area contributed by atoms with Crippen LogP contribution in [0.2, 0.25) is 0 Å². The zero-order valence-corrected chi connectivity index (χ0v) is 12.0. The van der Waals surface area contributed by atoms with Gasteiger partial charge in [0.2, 0.25) is 0 Å². The van der Waals surface area contributed by atoms with Gasteiger partial charge in [-0.25, -0.2) is 4.79 Å². The lowest BCUT2D eigenvalue weighted by atomic mass is 9.96. The lowest BCUT2D eigenvalue weighted by Gasteiger charge is -2.29. The van der Waals surface area contributed by atoms with Crippen molar-refractivity contribution < 1.29 is 19.4 Å². The van der Waals surface area contributed by atoms with Crippen molar-refractivity contribution in [1.29, 1.82) is 0 Å². The molecule has 1 aromatic rings. The Labute approximate surface area is 124 Å². The van der Waals surface area contributed by atoms with Crippen LogP contribution in [-0.4, -0.2) is 36.6 Å². The molecule has 5 nitrogen and oxygen atoms in total. The zero-order valence-electron chi connectivity index (χ0n) is 12.0. The van der Waals surface area contributed by atoms with Gasteiger partial charge in [-0.2, -0.15) is 0 Å². The number of nitrogens with one attached hydrogen (secondary N) is 1. The minimum absolute atomic E-state index is 0.203. The van der Waals surface area contributed by atoms with Crippen LogP contribution >= 0.6 is 0 Å². The SMILES string of the molecule is O=C(NC[C@@]12C[C@@H](CO)[C@H](CO1)C2)OCc1ccccc1. The molecule has 0 spiro atoms. The Balaban J connectivity index is 1.44. The van der Waals surface area contributed by atoms with E-state index in [1.54, 1.807) is 0 Å². The number of amides is 1. The summed E-state index contributed by atoms with van der Waals surface area (Å²) < 4.78 is 11.0. The molecular weight excluding hydrogens is 270 g/mol. The van der Waals surface area contributed by atoms with E-state index in [0.29, 0.717) is 25.0 Å². The van der Waals surface area contributed by atoms with Crippen molar-refractivity contribution in [1.82, 2.24) is 5.32 Å². The summed E-state index contributed by atoms with van der Waals surface area (Å²) in [5.41, 5.74) is 0.660. The van der Waals surface area contributed by atoms with Gasteiger partial charge < -0.3 is 19.9 Å². The van der Waals surface area contributed by atoms with E-state index < -0.39 is 6.09 Å². The highest BCUT2D eigenvalue weighted by atomic mass is 16.5. The van der Waals surface area contributed by atoms with Crippen LogP contribution in [0.25, 0.3) is 0 Å². The maximum Gasteiger partial charge on any atom is 0.407 e. The van der Waals surface area contributed by atoms with Gasteiger partial charge in [0.15, 0.2) is 0 Å². The van der Waals surface area contributed by atoms with E-state index >= 15 is 0 Å². The molecule has 3 rings (SSSR count). The Bertz CT molecular complexity index is 492. The number of ether oxygens (including phenoxy) is 2. The summed E-state index contributed by atoms with van der Waals surface area (Å²) in [4.78, 5) is 11.8. The van der Waals surface area contributed by atoms with Gasteiger partial charge in [-0.05, 0) is 30.2 Å². The van der Waals surface area contributed by atoms with Crippen LogP contribution in [0.5, 0.6) is 0 Å². The van der Waals surface area contributed by atoms with Gasteiger partial charge in [0.1, 0.15) is 6.61 Å². The Kier molecular flexibility index (Phi) is 4.12. The third kappa shape index (κ3) is 3.19. The second kappa shape index (κ2) is 6.03. The number of benzene rings is 1. The van der Waals surface area contributed by atoms with E-state index in [1.807, 2.05) is 30.3 Å². The van der Waals surface area contributed by atoms with Crippen LogP contribution in [0.15, 0.2) is 30.3 Å². The predicted octanol–water partition coefficient (Wildman–Crippen LogP) is 1.70. The molecule has 1 amide bonds. The van der Waals surface area contributed by atoms with Crippen molar-refractivity contribution in [2.24, 2.45) is 11.8 Å². The van der Waals surface area contributed by atoms with Crippen molar-refractivity contribution in [3.05, 3.63) is 35.9 Å². The molecule has 0 radical (unpaired) electrons. The first kappa shape index (κ1) is 14.4. The minimum Gasteiger partial charge on any atom is -0.445 e. The molecule has 1 heterocycles. The summed E-state index contributed by atoms with van der Waals surface area (Å²) in [6, 6.07) is 9.58. The fraction of sp³-hybridized carbons (Fsp3) is 0.562. The zero-order chi connectivity index (χ0) is 14.7. The Morgan fingerprint density at radius 3 is 2.90 bits per heavy atom. The van der Waals surface area contributed by atoms with Gasteiger partial charge >= 0.3 is 6.09 Å². The van der Waals surface area contributed by atoms with Crippen LogP contribution in [0.4, 0.5) is 4.79 Å². The van der Waals surface area contributed by atoms with Gasteiger partial charge in [-0.1, -0.05) is 30.3 Å². The summed E-state index contributed by atoms with van der Waals surface area (Å²) in [7, 11) is 0. The van der Waals surface area contributed by atoms with Crippen LogP contribution in [0, 0.1) is 11.8 Å². The number of hydrogen-bond acceptors (Lipinski definition) is 4. The van der Waals surface area contributed by atoms with E-state index in [0.717, 1.165) is 18.4 Å². The van der Waals surface area contributed by atoms with Gasteiger partial charge in [-0.15, -0.1) is 0 Å². The molecule has 1 aliphatic heterocycles. The molecule has 1 saturated heterocycles. The number of carbonyl (C=O) groups excluding carboxylic acids is 1. The maximum absolute atomic E-state index is 11.8. The third-order valence-corrected chi connectivity index (χ3v) is 4.54. The van der Waals surface area contributed by atoms with E-state index in [1.165, 1.54) is 0 Å². The van der Waals surface area contributed by atoms with Crippen LogP contribution in [0.1, 0.15) is 18.4 Å². The van der Waals surface area contributed by atoms with Crippen molar-refractivity contribution in [3.63, 3.8) is 0 Å². The first-order valence-electron chi connectivity index (χ1n) is 7.40. The average molecular weight is 291 g/mol. The second-order valence-corrected chi connectivity index (χ2v) is 6.02. The van der Waals surface area contributed by atoms with Crippen LogP contribution in [-0.2, 0) is 16.1 Å². The number of aliphatic hydroxyl groups is 1. The van der Waals surface area contributed by atoms with Gasteiger partial charge in [0, 0.05) is 13.2 Å². The van der Waals surface area contributed by atoms with Crippen molar-refractivity contribution >= 4 is 6.09 Å². The highest BCUT2D eigenvalue weighted by molar-refractivity contribution is 5.67. The van der Waals surface area contributed by atoms with E-state index in [4.69, 9.17) is 9.47 Å². The quantitative estimate of drug-likeness (QED) is 0.866. The average Bonchev–Trinajstić information content (AvgIpc) is 3.10. The van der Waals surface area contributed by atoms with Crippen molar-refractivity contribution in [3.8, 4) is 0 Å². The first-order valence-corrected chi connectivity index (χ1v) is 7.40. The molecule has 2 N–H and O–H groups in total. The number of fused-ring (bicyclic) bond motifs is 2. The van der Waals surface area contributed by atoms with E-state index in [-0.39, 0.29) is 18.8 Å². The van der Waals surface area contributed by atoms with Crippen LogP contribution < -0.4 is 5.32 Å². The molecule has 3 atom stereocenters. The largest absolute Gasteiger partial charge is 0.445 e. The number of carbonyl (C=O) groups is 1. The topological polar surface area (TPSA) is 67.8 Å². The predicted molar refractivity (Wildman–Crippen MR) is 76.6 cm³/mol. The number of rotatable bonds is 5. The Morgan fingerprint density at radius 1 is 1.38 bits per heavy atom. The molecule has 2 aliphatic rings. The highest BCUT2D eigenvalue weighted by Gasteiger charge is 2.51. The Morgan fingerprint density at radius 2 is 2.19 bits per heavy atom. The van der Waals surface area contributed by atoms with Gasteiger partial charge in [-0.3, -0.25) is 0 Å². The van der Waals surface area contributed by atoms with E-state index in [2.05, 4.69) is 5.32 Å². The molecule has 21 heavy (non-hydrogen) atoms. The van der Waals surface area contributed by atoms with Crippen molar-refractivity contribution in [2.45, 2.75) is 25.0 Å². The second-order valence-electron chi connectivity index (χ2n) is 6.02. The molecule has 1 aliphatic carbocycles. The molecule has 0 aromatic heterocycles. The molecule has 114 valence electrons. The normalized spacial score (nSPS) is 30.3. The number of alkyl carbamates (subject to hydrolysis) is 1. The summed E-state index contributed by atoms with van der Waals surface area (Å²) in [5.74, 6) is 0.734. The highest BCUT2D eigenvalue weighted by Crippen LogP contribution is 2.47. The minimum atomic E-state index is -0.423. The number of hydrogen-bond donors (Lipinski definition) is 2. The summed E-state index contributed by atoms with van der Waals surface area (Å²) in [5, 5.41) is 12.1. The van der Waals surface area contributed by atoms with E-state index in [9.17, 15) is 9.90 Å². The summed E-state index contributed by atoms with van der Waals surface area (Å²) in [6.45, 7) is 1.61. The third-order valence-electron chi connectivity index (χ3n) is 4.54. The lowest BCUT2D eigenvalue weighted by Crippen LogP contribution is -2.43. The molecule has 2 fully saturated rings. The molecule has 5 heteroatoms. The standard InChI is InChI=1S/C16H21NO4/c18-8-13-6-16(7-14(13)10-21-16)11-17-15(19)20-9-12-4-2-1-3-5-12/h1-5,13-14,18H,6-11H2,(H,17,19)/t13-,14-,16-/m0/s1. The fourth-order valence-electron chi connectivity index (χ4n) is 3.39. The summed E-state index contributed by atoms with van der Waals surface area (Å²) >= 11 is 0. The molecule has 0 unspecified atom stereocenters. The monoisotopic (exact) mass is 291 g/mol. The molecule has 2 bridgehead atoms. The van der Waals surface area contributed by atoms with Gasteiger partial charge in [0.25, 0.3) is 0 Å². The number of aliphatic hydroxyl groups excluding tert-OH is 1. The summed E-state index contributed by atoms with van der Waals surface area (Å²) in [6.07, 6.45) is 1.30. The lowest BCUT2D eigenvalue weighted by molar-refractivity contribution is -0.0401. The molecule has 1 aromatic carbocycles. The fourth-order valence-corrected chi connectivity index (χ4v) is 3.39. The first-order chi connectivity index (χ1) is 10.2. The van der Waals surface area contributed by atoms with Gasteiger partial charge in [0.05, 0.1) is 12.2 Å². The Hall–Kier alpha value is -1.59.